The van der Waals surface area contributed by atoms with Gasteiger partial charge in [0.05, 0.1) is 6.10 Å². The minimum Gasteiger partial charge on any atom is -0.396 e. The quantitative estimate of drug-likeness (QED) is 0.710. The van der Waals surface area contributed by atoms with Gasteiger partial charge in [-0.2, -0.15) is 0 Å². The zero-order valence-corrected chi connectivity index (χ0v) is 14.2. The lowest BCUT2D eigenvalue weighted by Gasteiger charge is -2.25. The molecule has 2 aliphatic rings. The second-order valence-corrected chi connectivity index (χ2v) is 7.54. The number of nitrogens with one attached hydrogen (secondary N) is 1. The highest BCUT2D eigenvalue weighted by molar-refractivity contribution is 5.09. The number of aliphatic hydroxyl groups excluding tert-OH is 2. The molecule has 4 atom stereocenters. The summed E-state index contributed by atoms with van der Waals surface area (Å²) in [6.07, 6.45) is 5.55. The van der Waals surface area contributed by atoms with Gasteiger partial charge in [-0.3, -0.25) is 0 Å². The van der Waals surface area contributed by atoms with Crippen molar-refractivity contribution in [2.75, 3.05) is 13.2 Å². The number of hydrogen-bond acceptors (Lipinski definition) is 5. The molecule has 23 heavy (non-hydrogen) atoms. The van der Waals surface area contributed by atoms with E-state index in [4.69, 9.17) is 0 Å². The summed E-state index contributed by atoms with van der Waals surface area (Å²) >= 11 is 0. The molecular formula is C18H29N3O2. The second kappa shape index (κ2) is 7.24. The predicted molar refractivity (Wildman–Crippen MR) is 89.0 cm³/mol. The van der Waals surface area contributed by atoms with Gasteiger partial charge in [0, 0.05) is 36.4 Å². The highest BCUT2D eigenvalue weighted by Crippen LogP contribution is 2.36. The smallest absolute Gasteiger partial charge is 0.131 e. The Morgan fingerprint density at radius 3 is 2.74 bits per heavy atom. The van der Waals surface area contributed by atoms with Gasteiger partial charge in [-0.15, -0.1) is 0 Å². The van der Waals surface area contributed by atoms with Crippen molar-refractivity contribution in [2.45, 2.75) is 57.6 Å². The molecule has 0 aliphatic heterocycles. The molecule has 0 aromatic carbocycles. The molecule has 1 aromatic heterocycles. The van der Waals surface area contributed by atoms with Crippen LogP contribution in [0.5, 0.6) is 0 Å². The number of aliphatic hydroxyl groups is 2. The predicted octanol–water partition coefficient (Wildman–Crippen LogP) is 1.50. The van der Waals surface area contributed by atoms with Crippen molar-refractivity contribution in [3.8, 4) is 0 Å². The lowest BCUT2D eigenvalue weighted by atomic mass is 9.88. The summed E-state index contributed by atoms with van der Waals surface area (Å²) in [6.45, 7) is 5.26. The molecule has 4 unspecified atom stereocenters. The molecule has 2 aliphatic carbocycles. The molecule has 0 bridgehead atoms. The van der Waals surface area contributed by atoms with Crippen LogP contribution >= 0.6 is 0 Å². The van der Waals surface area contributed by atoms with Crippen molar-refractivity contribution in [3.05, 3.63) is 23.8 Å². The third-order valence-corrected chi connectivity index (χ3v) is 5.33. The van der Waals surface area contributed by atoms with Gasteiger partial charge in [-0.1, -0.05) is 13.8 Å². The van der Waals surface area contributed by atoms with Crippen molar-refractivity contribution in [1.29, 1.82) is 0 Å². The van der Waals surface area contributed by atoms with Gasteiger partial charge in [0.1, 0.15) is 5.82 Å². The van der Waals surface area contributed by atoms with Crippen LogP contribution in [0.4, 0.5) is 0 Å². The van der Waals surface area contributed by atoms with E-state index in [-0.39, 0.29) is 24.5 Å². The third kappa shape index (κ3) is 4.08. The zero-order valence-electron chi connectivity index (χ0n) is 14.2. The highest BCUT2D eigenvalue weighted by atomic mass is 16.3. The minimum atomic E-state index is -0.423. The standard InChI is InChI=1S/C18H29N3O2/c1-11(2)18-19-6-5-13(21-18)7-14-15(10-22)17(23)8-16(14)20-9-12-3-4-12/h5-6,11-12,14-17,20,22-23H,3-4,7-10H2,1-2H3. The summed E-state index contributed by atoms with van der Waals surface area (Å²) in [5.41, 5.74) is 1.01. The SMILES string of the molecule is CC(C)c1nccc(CC2C(NCC3CC3)CC(O)C2CO)n1. The maximum Gasteiger partial charge on any atom is 0.131 e. The van der Waals surface area contributed by atoms with Crippen LogP contribution in [0.1, 0.15) is 50.5 Å². The van der Waals surface area contributed by atoms with Gasteiger partial charge in [0.2, 0.25) is 0 Å². The number of aromatic nitrogens is 2. The summed E-state index contributed by atoms with van der Waals surface area (Å²) in [5, 5.41) is 23.6. The molecule has 3 N–H and O–H groups in total. The Balaban J connectivity index is 1.71. The third-order valence-electron chi connectivity index (χ3n) is 5.33. The molecule has 0 amide bonds. The van der Waals surface area contributed by atoms with Crippen LogP contribution in [0.3, 0.4) is 0 Å². The van der Waals surface area contributed by atoms with Gasteiger partial charge in [0.15, 0.2) is 0 Å². The lowest BCUT2D eigenvalue weighted by molar-refractivity contribution is 0.0716. The van der Waals surface area contributed by atoms with Gasteiger partial charge in [-0.05, 0) is 50.1 Å². The monoisotopic (exact) mass is 319 g/mol. The normalized spacial score (nSPS) is 31.0. The maximum absolute atomic E-state index is 10.3. The van der Waals surface area contributed by atoms with Crippen LogP contribution in [0.15, 0.2) is 12.3 Å². The van der Waals surface area contributed by atoms with E-state index >= 15 is 0 Å². The topological polar surface area (TPSA) is 78.3 Å². The van der Waals surface area contributed by atoms with Crippen LogP contribution in [0, 0.1) is 17.8 Å². The highest BCUT2D eigenvalue weighted by Gasteiger charge is 2.42. The first-order valence-corrected chi connectivity index (χ1v) is 8.92. The molecule has 1 heterocycles. The molecule has 5 nitrogen and oxygen atoms in total. The van der Waals surface area contributed by atoms with Gasteiger partial charge < -0.3 is 15.5 Å². The summed E-state index contributed by atoms with van der Waals surface area (Å²) < 4.78 is 0. The Morgan fingerprint density at radius 1 is 1.30 bits per heavy atom. The Morgan fingerprint density at radius 2 is 2.09 bits per heavy atom. The van der Waals surface area contributed by atoms with E-state index in [2.05, 4.69) is 29.1 Å². The molecule has 1 aromatic rings. The Bertz CT molecular complexity index is 519. The van der Waals surface area contributed by atoms with E-state index < -0.39 is 6.10 Å². The van der Waals surface area contributed by atoms with Crippen LogP contribution in [-0.4, -0.2) is 45.5 Å². The Hall–Kier alpha value is -1.04. The first-order valence-electron chi connectivity index (χ1n) is 8.92. The molecule has 0 saturated heterocycles. The van der Waals surface area contributed by atoms with E-state index in [1.807, 2.05) is 12.3 Å². The fraction of sp³-hybridized carbons (Fsp3) is 0.778. The molecule has 2 fully saturated rings. The van der Waals surface area contributed by atoms with E-state index in [1.165, 1.54) is 12.8 Å². The first-order chi connectivity index (χ1) is 11.1. The lowest BCUT2D eigenvalue weighted by Crippen LogP contribution is -2.37. The fourth-order valence-electron chi connectivity index (χ4n) is 3.67. The van der Waals surface area contributed by atoms with Crippen molar-refractivity contribution in [2.24, 2.45) is 17.8 Å². The molecule has 3 rings (SSSR count). The molecule has 128 valence electrons. The van der Waals surface area contributed by atoms with E-state index in [1.54, 1.807) is 0 Å². The average Bonchev–Trinajstić information content (AvgIpc) is 3.31. The van der Waals surface area contributed by atoms with Gasteiger partial charge in [0.25, 0.3) is 0 Å². The number of rotatable bonds is 7. The fourth-order valence-corrected chi connectivity index (χ4v) is 3.67. The molecule has 0 spiro atoms. The minimum absolute atomic E-state index is 0.0373. The molecule has 0 radical (unpaired) electrons. The Labute approximate surface area is 138 Å². The van der Waals surface area contributed by atoms with Crippen molar-refractivity contribution >= 4 is 0 Å². The van der Waals surface area contributed by atoms with Crippen molar-refractivity contribution < 1.29 is 10.2 Å². The maximum atomic E-state index is 10.3. The van der Waals surface area contributed by atoms with Crippen LogP contribution in [0.2, 0.25) is 0 Å². The van der Waals surface area contributed by atoms with Gasteiger partial charge >= 0.3 is 0 Å². The van der Waals surface area contributed by atoms with Crippen LogP contribution in [0.25, 0.3) is 0 Å². The summed E-state index contributed by atoms with van der Waals surface area (Å²) in [4.78, 5) is 9.00. The molecule has 2 saturated carbocycles. The summed E-state index contributed by atoms with van der Waals surface area (Å²) in [6, 6.07) is 2.23. The largest absolute Gasteiger partial charge is 0.396 e. The second-order valence-electron chi connectivity index (χ2n) is 7.54. The summed E-state index contributed by atoms with van der Waals surface area (Å²) in [5.74, 6) is 2.14. The molecular weight excluding hydrogens is 290 g/mol. The van der Waals surface area contributed by atoms with E-state index in [0.29, 0.717) is 5.92 Å². The van der Waals surface area contributed by atoms with Crippen molar-refractivity contribution in [1.82, 2.24) is 15.3 Å². The molecule has 5 heteroatoms. The summed E-state index contributed by atoms with van der Waals surface area (Å²) in [7, 11) is 0. The zero-order chi connectivity index (χ0) is 16.4. The van der Waals surface area contributed by atoms with Crippen molar-refractivity contribution in [3.63, 3.8) is 0 Å². The van der Waals surface area contributed by atoms with Crippen LogP contribution in [-0.2, 0) is 6.42 Å². The van der Waals surface area contributed by atoms with E-state index in [9.17, 15) is 10.2 Å². The Kier molecular flexibility index (Phi) is 5.29. The van der Waals surface area contributed by atoms with E-state index in [0.717, 1.165) is 36.8 Å². The van der Waals surface area contributed by atoms with Crippen LogP contribution < -0.4 is 5.32 Å². The first kappa shape index (κ1) is 16.8. The number of hydrogen-bond donors (Lipinski definition) is 3. The average molecular weight is 319 g/mol. The van der Waals surface area contributed by atoms with Gasteiger partial charge in [-0.25, -0.2) is 9.97 Å². The number of nitrogens with zero attached hydrogens (tertiary/aromatic N) is 2.